The molecule has 26 heavy (non-hydrogen) atoms. The average molecular weight is 350 g/mol. The topological polar surface area (TPSA) is 75.5 Å². The van der Waals surface area contributed by atoms with Crippen LogP contribution in [0.1, 0.15) is 46.4 Å². The van der Waals surface area contributed by atoms with Gasteiger partial charge in [-0.2, -0.15) is 0 Å². The molecule has 0 aliphatic carbocycles. The van der Waals surface area contributed by atoms with Gasteiger partial charge in [-0.05, 0) is 37.6 Å². The molecule has 1 aromatic carbocycles. The molecule has 3 aromatic rings. The molecule has 0 aliphatic heterocycles. The molecule has 0 unspecified atom stereocenters. The molecule has 2 amide bonds. The van der Waals surface area contributed by atoms with Crippen molar-refractivity contribution in [3.63, 3.8) is 0 Å². The first-order valence-electron chi connectivity index (χ1n) is 8.73. The minimum atomic E-state index is -0.359. The summed E-state index contributed by atoms with van der Waals surface area (Å²) in [6.45, 7) is 4.63. The predicted molar refractivity (Wildman–Crippen MR) is 102 cm³/mol. The van der Waals surface area contributed by atoms with Crippen LogP contribution in [0.15, 0.2) is 48.7 Å². The van der Waals surface area contributed by atoms with Crippen molar-refractivity contribution in [2.75, 3.05) is 11.9 Å². The number of aromatic nitrogens is 2. The molecule has 0 aliphatic rings. The van der Waals surface area contributed by atoms with E-state index in [1.54, 1.807) is 22.7 Å². The van der Waals surface area contributed by atoms with Gasteiger partial charge in [-0.15, -0.1) is 0 Å². The number of hydrogen-bond donors (Lipinski definition) is 2. The van der Waals surface area contributed by atoms with Crippen molar-refractivity contribution in [3.05, 3.63) is 65.7 Å². The first kappa shape index (κ1) is 17.7. The predicted octanol–water partition coefficient (Wildman–Crippen LogP) is 3.42. The summed E-state index contributed by atoms with van der Waals surface area (Å²) in [5.41, 5.74) is 2.66. The molecular weight excluding hydrogens is 328 g/mol. The maximum atomic E-state index is 12.7. The number of fused-ring (bicyclic) bond motifs is 1. The van der Waals surface area contributed by atoms with E-state index < -0.39 is 0 Å². The van der Waals surface area contributed by atoms with Crippen molar-refractivity contribution in [1.29, 1.82) is 0 Å². The van der Waals surface area contributed by atoms with Gasteiger partial charge in [-0.3, -0.25) is 14.0 Å². The number of carbonyl (C=O) groups excluding carboxylic acids is 2. The Balaban J connectivity index is 1.89. The Bertz CT molecular complexity index is 929. The second-order valence-electron chi connectivity index (χ2n) is 6.17. The number of hydrogen-bond acceptors (Lipinski definition) is 3. The summed E-state index contributed by atoms with van der Waals surface area (Å²) in [5.74, 6) is -0.444. The number of aryl methyl sites for hydroxylation is 1. The Morgan fingerprint density at radius 3 is 2.58 bits per heavy atom. The van der Waals surface area contributed by atoms with Crippen LogP contribution in [-0.2, 0) is 0 Å². The number of unbranched alkanes of at least 4 members (excludes halogenated alkanes) is 1. The fraction of sp³-hybridized carbons (Fsp3) is 0.250. The number of rotatable bonds is 6. The van der Waals surface area contributed by atoms with E-state index in [2.05, 4.69) is 22.5 Å². The van der Waals surface area contributed by atoms with Crippen LogP contribution in [0, 0.1) is 6.92 Å². The van der Waals surface area contributed by atoms with E-state index in [0.717, 1.165) is 18.4 Å². The summed E-state index contributed by atoms with van der Waals surface area (Å²) in [4.78, 5) is 29.5. The molecule has 3 rings (SSSR count). The maximum absolute atomic E-state index is 12.7. The molecule has 2 heterocycles. The van der Waals surface area contributed by atoms with E-state index >= 15 is 0 Å². The van der Waals surface area contributed by atoms with Gasteiger partial charge >= 0.3 is 0 Å². The largest absolute Gasteiger partial charge is 0.351 e. The number of pyridine rings is 1. The third-order valence-electron chi connectivity index (χ3n) is 4.09. The van der Waals surface area contributed by atoms with Crippen LogP contribution in [0.3, 0.4) is 0 Å². The van der Waals surface area contributed by atoms with E-state index in [-0.39, 0.29) is 23.3 Å². The zero-order chi connectivity index (χ0) is 18.5. The molecule has 6 nitrogen and oxygen atoms in total. The average Bonchev–Trinajstić information content (AvgIpc) is 3.04. The molecule has 2 aromatic heterocycles. The lowest BCUT2D eigenvalue weighted by Gasteiger charge is -2.04. The highest BCUT2D eigenvalue weighted by atomic mass is 16.2. The van der Waals surface area contributed by atoms with Crippen LogP contribution < -0.4 is 10.6 Å². The molecule has 2 N–H and O–H groups in total. The number of anilines is 1. The fourth-order valence-electron chi connectivity index (χ4n) is 2.65. The SMILES string of the molecule is CCCCNC(=O)c1nc(C(=O)Nc2ccc(C)cc2)n2ccccc12. The Labute approximate surface area is 152 Å². The first-order chi connectivity index (χ1) is 12.6. The van der Waals surface area contributed by atoms with E-state index in [4.69, 9.17) is 0 Å². The quantitative estimate of drug-likeness (QED) is 0.669. The fourth-order valence-corrected chi connectivity index (χ4v) is 2.65. The third-order valence-corrected chi connectivity index (χ3v) is 4.09. The number of nitrogens with one attached hydrogen (secondary N) is 2. The molecule has 6 heteroatoms. The number of benzene rings is 1. The molecule has 0 saturated carbocycles. The van der Waals surface area contributed by atoms with Gasteiger partial charge in [0.15, 0.2) is 5.69 Å². The summed E-state index contributed by atoms with van der Waals surface area (Å²) < 4.78 is 1.64. The smallest absolute Gasteiger partial charge is 0.292 e. The van der Waals surface area contributed by atoms with Crippen LogP contribution in [0.25, 0.3) is 5.52 Å². The Morgan fingerprint density at radius 1 is 1.08 bits per heavy atom. The maximum Gasteiger partial charge on any atom is 0.292 e. The minimum absolute atomic E-state index is 0.182. The minimum Gasteiger partial charge on any atom is -0.351 e. The van der Waals surface area contributed by atoms with E-state index in [1.807, 2.05) is 37.3 Å². The van der Waals surface area contributed by atoms with Gasteiger partial charge in [0.25, 0.3) is 11.8 Å². The molecule has 0 saturated heterocycles. The highest BCUT2D eigenvalue weighted by molar-refractivity contribution is 6.06. The van der Waals surface area contributed by atoms with Crippen molar-refractivity contribution < 1.29 is 9.59 Å². The van der Waals surface area contributed by atoms with Crippen molar-refractivity contribution in [2.24, 2.45) is 0 Å². The summed E-state index contributed by atoms with van der Waals surface area (Å²) >= 11 is 0. The highest BCUT2D eigenvalue weighted by Crippen LogP contribution is 2.16. The summed E-state index contributed by atoms with van der Waals surface area (Å²) in [5, 5.41) is 5.68. The van der Waals surface area contributed by atoms with Crippen molar-refractivity contribution in [3.8, 4) is 0 Å². The zero-order valence-electron chi connectivity index (χ0n) is 15.0. The van der Waals surface area contributed by atoms with E-state index in [1.165, 1.54) is 0 Å². The third kappa shape index (κ3) is 3.74. The normalized spacial score (nSPS) is 10.7. The Morgan fingerprint density at radius 2 is 1.85 bits per heavy atom. The van der Waals surface area contributed by atoms with E-state index in [0.29, 0.717) is 17.7 Å². The zero-order valence-corrected chi connectivity index (χ0v) is 15.0. The van der Waals surface area contributed by atoms with Gasteiger partial charge in [0.05, 0.1) is 5.52 Å². The number of imidazole rings is 1. The van der Waals surface area contributed by atoms with Gasteiger partial charge in [0.1, 0.15) is 0 Å². The van der Waals surface area contributed by atoms with Crippen molar-refractivity contribution >= 4 is 23.0 Å². The summed E-state index contributed by atoms with van der Waals surface area (Å²) in [7, 11) is 0. The lowest BCUT2D eigenvalue weighted by atomic mass is 10.2. The molecule has 0 radical (unpaired) electrons. The molecule has 134 valence electrons. The molecule has 0 fully saturated rings. The molecule has 0 atom stereocenters. The van der Waals surface area contributed by atoms with Gasteiger partial charge in [0, 0.05) is 18.4 Å². The lowest BCUT2D eigenvalue weighted by Crippen LogP contribution is -2.25. The number of amides is 2. The van der Waals surface area contributed by atoms with E-state index in [9.17, 15) is 9.59 Å². The molecular formula is C20H22N4O2. The Kier molecular flexibility index (Phi) is 5.31. The van der Waals surface area contributed by atoms with Crippen LogP contribution in [0.4, 0.5) is 5.69 Å². The standard InChI is InChI=1S/C20H22N4O2/c1-3-4-12-21-19(25)17-16-7-5-6-13-24(16)18(23-17)20(26)22-15-10-8-14(2)9-11-15/h5-11,13H,3-4,12H2,1-2H3,(H,21,25)(H,22,26). The molecule has 0 bridgehead atoms. The van der Waals surface area contributed by atoms with Crippen LogP contribution in [0.2, 0.25) is 0 Å². The monoisotopic (exact) mass is 350 g/mol. The second-order valence-corrected chi connectivity index (χ2v) is 6.17. The lowest BCUT2D eigenvalue weighted by molar-refractivity contribution is 0.0950. The highest BCUT2D eigenvalue weighted by Gasteiger charge is 2.21. The van der Waals surface area contributed by atoms with Gasteiger partial charge in [-0.25, -0.2) is 4.98 Å². The van der Waals surface area contributed by atoms with Crippen LogP contribution >= 0.6 is 0 Å². The van der Waals surface area contributed by atoms with Crippen molar-refractivity contribution in [1.82, 2.24) is 14.7 Å². The number of nitrogens with zero attached hydrogens (tertiary/aromatic N) is 2. The van der Waals surface area contributed by atoms with Crippen molar-refractivity contribution in [2.45, 2.75) is 26.7 Å². The number of carbonyl (C=O) groups is 2. The van der Waals surface area contributed by atoms with Crippen LogP contribution in [0.5, 0.6) is 0 Å². The Hall–Kier alpha value is -3.15. The van der Waals surface area contributed by atoms with Crippen LogP contribution in [-0.4, -0.2) is 27.7 Å². The second kappa shape index (κ2) is 7.82. The summed E-state index contributed by atoms with van der Waals surface area (Å²) in [6, 6.07) is 12.9. The first-order valence-corrected chi connectivity index (χ1v) is 8.73. The van der Waals surface area contributed by atoms with Gasteiger partial charge in [-0.1, -0.05) is 37.1 Å². The summed E-state index contributed by atoms with van der Waals surface area (Å²) in [6.07, 6.45) is 3.63. The van der Waals surface area contributed by atoms with Gasteiger partial charge in [0.2, 0.25) is 5.82 Å². The molecule has 0 spiro atoms. The van der Waals surface area contributed by atoms with Gasteiger partial charge < -0.3 is 10.6 Å².